The standard InChI is InChI=1S/C33H32ClN9O2/c1-40-25-6-4-22(34)7-20(25)9-27(40)32-39-24-8-21(33(44)42-17-19-3-5-26(42)30(19)36)10-28(45-2)31(24)43(32)16-18-14-41(15-18)29-13-37-12-23(11-35)38-29/h4,6-10,12-13,18-19,26,30H,3,5,14-17,36H2,1-2H3. The van der Waals surface area contributed by atoms with Gasteiger partial charge in [0.1, 0.15) is 23.2 Å². The second-order valence-corrected chi connectivity index (χ2v) is 12.9. The number of imidazole rings is 1. The minimum absolute atomic E-state index is 0.0245. The molecule has 2 aromatic carbocycles. The quantitative estimate of drug-likeness (QED) is 0.298. The summed E-state index contributed by atoms with van der Waals surface area (Å²) in [5, 5.41) is 11.0. The maximum absolute atomic E-state index is 13.8. The smallest absolute Gasteiger partial charge is 0.254 e. The molecule has 8 rings (SSSR count). The fraction of sp³-hybridized carbons (Fsp3) is 0.364. The summed E-state index contributed by atoms with van der Waals surface area (Å²) in [5.41, 5.74) is 10.8. The molecule has 1 aliphatic carbocycles. The number of hydrogen-bond acceptors (Lipinski definition) is 8. The highest BCUT2D eigenvalue weighted by Crippen LogP contribution is 2.40. The number of ether oxygens (including phenoxy) is 1. The van der Waals surface area contributed by atoms with Gasteiger partial charge >= 0.3 is 0 Å². The topological polar surface area (TPSA) is 131 Å². The monoisotopic (exact) mass is 621 g/mol. The van der Waals surface area contributed by atoms with Crippen molar-refractivity contribution >= 4 is 45.3 Å². The third-order valence-electron chi connectivity index (χ3n) is 9.88. The molecule has 2 saturated heterocycles. The molecule has 11 nitrogen and oxygen atoms in total. The number of carbonyl (C=O) groups excluding carboxylic acids is 1. The number of aromatic nitrogens is 5. The number of amides is 1. The largest absolute Gasteiger partial charge is 0.494 e. The number of fused-ring (bicyclic) bond motifs is 4. The highest BCUT2D eigenvalue weighted by molar-refractivity contribution is 6.31. The summed E-state index contributed by atoms with van der Waals surface area (Å²) < 4.78 is 10.3. The van der Waals surface area contributed by atoms with E-state index in [1.54, 1.807) is 13.3 Å². The van der Waals surface area contributed by atoms with Crippen LogP contribution in [0, 0.1) is 23.2 Å². The van der Waals surface area contributed by atoms with Crippen LogP contribution in [0.3, 0.4) is 0 Å². The third-order valence-corrected chi connectivity index (χ3v) is 10.1. The van der Waals surface area contributed by atoms with E-state index in [4.69, 9.17) is 27.1 Å². The Hall–Kier alpha value is -4.66. The first-order valence-electron chi connectivity index (χ1n) is 15.2. The van der Waals surface area contributed by atoms with Crippen molar-refractivity contribution in [1.82, 2.24) is 29.0 Å². The van der Waals surface area contributed by atoms with Gasteiger partial charge in [0, 0.05) is 72.7 Å². The minimum Gasteiger partial charge on any atom is -0.494 e. The van der Waals surface area contributed by atoms with Crippen LogP contribution in [0.15, 0.2) is 48.8 Å². The predicted octanol–water partition coefficient (Wildman–Crippen LogP) is 4.22. The fourth-order valence-corrected chi connectivity index (χ4v) is 7.74. The van der Waals surface area contributed by atoms with Crippen LogP contribution in [-0.4, -0.2) is 73.7 Å². The Morgan fingerprint density at radius 2 is 1.98 bits per heavy atom. The maximum atomic E-state index is 13.8. The van der Waals surface area contributed by atoms with Crippen molar-refractivity contribution in [3.05, 3.63) is 65.1 Å². The number of nitrogens with zero attached hydrogens (tertiary/aromatic N) is 8. The first kappa shape index (κ1) is 27.9. The van der Waals surface area contributed by atoms with Crippen molar-refractivity contribution < 1.29 is 9.53 Å². The Bertz CT molecular complexity index is 2040. The molecule has 0 spiro atoms. The Morgan fingerprint density at radius 1 is 1.13 bits per heavy atom. The van der Waals surface area contributed by atoms with Crippen molar-refractivity contribution in [2.24, 2.45) is 24.6 Å². The summed E-state index contributed by atoms with van der Waals surface area (Å²) in [6.45, 7) is 2.88. The van der Waals surface area contributed by atoms with E-state index in [1.165, 1.54) is 6.20 Å². The summed E-state index contributed by atoms with van der Waals surface area (Å²) in [4.78, 5) is 31.7. The highest BCUT2D eigenvalue weighted by atomic mass is 35.5. The average molecular weight is 622 g/mol. The number of carbonyl (C=O) groups is 1. The van der Waals surface area contributed by atoms with Crippen LogP contribution in [-0.2, 0) is 13.6 Å². The van der Waals surface area contributed by atoms with Gasteiger partial charge < -0.3 is 29.4 Å². The third kappa shape index (κ3) is 4.42. The molecule has 3 unspecified atom stereocenters. The zero-order valence-corrected chi connectivity index (χ0v) is 25.8. The van der Waals surface area contributed by atoms with E-state index in [-0.39, 0.29) is 23.9 Å². The van der Waals surface area contributed by atoms with E-state index in [1.807, 2.05) is 42.3 Å². The number of nitrogens with two attached hydrogens (primary N) is 1. The number of likely N-dealkylation sites (tertiary alicyclic amines) is 1. The van der Waals surface area contributed by atoms with Crippen molar-refractivity contribution in [3.8, 4) is 23.3 Å². The van der Waals surface area contributed by atoms with E-state index in [0.29, 0.717) is 52.4 Å². The Kier molecular flexibility index (Phi) is 6.48. The van der Waals surface area contributed by atoms with Crippen LogP contribution >= 0.6 is 11.6 Å². The van der Waals surface area contributed by atoms with Crippen LogP contribution < -0.4 is 15.4 Å². The van der Waals surface area contributed by atoms with Gasteiger partial charge in [0.2, 0.25) is 0 Å². The first-order chi connectivity index (χ1) is 21.8. The second-order valence-electron chi connectivity index (χ2n) is 12.5. The van der Waals surface area contributed by atoms with Gasteiger partial charge in [0.25, 0.3) is 5.91 Å². The number of nitriles is 1. The number of methoxy groups -OCH3 is 1. The molecule has 3 atom stereocenters. The van der Waals surface area contributed by atoms with E-state index in [0.717, 1.165) is 53.9 Å². The lowest BCUT2D eigenvalue weighted by Gasteiger charge is -2.40. The normalized spacial score (nSPS) is 21.1. The fourth-order valence-electron chi connectivity index (χ4n) is 7.56. The summed E-state index contributed by atoms with van der Waals surface area (Å²) in [5.74, 6) is 2.71. The first-order valence-corrected chi connectivity index (χ1v) is 15.6. The van der Waals surface area contributed by atoms with Crippen molar-refractivity contribution in [3.63, 3.8) is 0 Å². The lowest BCUT2D eigenvalue weighted by molar-refractivity contribution is 0.0700. The number of aryl methyl sites for hydroxylation is 1. The molecule has 2 bridgehead atoms. The number of benzene rings is 2. The molecule has 5 aromatic rings. The van der Waals surface area contributed by atoms with Gasteiger partial charge in [-0.2, -0.15) is 5.26 Å². The van der Waals surface area contributed by atoms with Crippen molar-refractivity contribution in [2.75, 3.05) is 31.6 Å². The number of anilines is 1. The molecular weight excluding hydrogens is 590 g/mol. The molecule has 5 heterocycles. The molecule has 12 heteroatoms. The maximum Gasteiger partial charge on any atom is 0.254 e. The predicted molar refractivity (Wildman–Crippen MR) is 171 cm³/mol. The Balaban J connectivity index is 1.20. The number of halogens is 1. The van der Waals surface area contributed by atoms with E-state index >= 15 is 0 Å². The van der Waals surface area contributed by atoms with Gasteiger partial charge in [-0.05, 0) is 55.2 Å². The molecule has 3 aliphatic rings. The summed E-state index contributed by atoms with van der Waals surface area (Å²) >= 11 is 6.35. The molecule has 45 heavy (non-hydrogen) atoms. The van der Waals surface area contributed by atoms with E-state index in [9.17, 15) is 10.1 Å². The molecule has 1 saturated carbocycles. The molecule has 2 aliphatic heterocycles. The summed E-state index contributed by atoms with van der Waals surface area (Å²) in [6.07, 6.45) is 5.19. The molecule has 0 radical (unpaired) electrons. The van der Waals surface area contributed by atoms with Crippen LogP contribution in [0.5, 0.6) is 5.75 Å². The Morgan fingerprint density at radius 3 is 2.71 bits per heavy atom. The van der Waals surface area contributed by atoms with E-state index in [2.05, 4.69) is 36.1 Å². The van der Waals surface area contributed by atoms with E-state index < -0.39 is 0 Å². The number of piperidine rings is 1. The molecule has 1 amide bonds. The molecule has 228 valence electrons. The van der Waals surface area contributed by atoms with Gasteiger partial charge in [0.05, 0.1) is 30.7 Å². The Labute approximate surface area is 264 Å². The van der Waals surface area contributed by atoms with Gasteiger partial charge in [0.15, 0.2) is 11.5 Å². The lowest BCUT2D eigenvalue weighted by Crippen LogP contribution is -2.49. The lowest BCUT2D eigenvalue weighted by atomic mass is 10.00. The zero-order chi connectivity index (χ0) is 31.0. The van der Waals surface area contributed by atoms with Gasteiger partial charge in [-0.3, -0.25) is 9.78 Å². The second kappa shape index (κ2) is 10.5. The minimum atomic E-state index is -0.0245. The molecule has 2 N–H and O–H groups in total. The number of rotatable bonds is 6. The summed E-state index contributed by atoms with van der Waals surface area (Å²) in [7, 11) is 3.66. The van der Waals surface area contributed by atoms with Crippen molar-refractivity contribution in [2.45, 2.75) is 31.5 Å². The van der Waals surface area contributed by atoms with Gasteiger partial charge in [-0.25, -0.2) is 9.97 Å². The van der Waals surface area contributed by atoms with Crippen LogP contribution in [0.25, 0.3) is 33.5 Å². The highest BCUT2D eigenvalue weighted by Gasteiger charge is 2.47. The van der Waals surface area contributed by atoms with Gasteiger partial charge in [-0.15, -0.1) is 0 Å². The molecule has 3 aromatic heterocycles. The SMILES string of the molecule is COc1cc(C(=O)N2CC3CCC2C3N)cc2nc(-c3cc4cc(Cl)ccc4n3C)n(CC3CN(c4cncc(C#N)n4)C3)c12. The molecule has 3 fully saturated rings. The van der Waals surface area contributed by atoms with Gasteiger partial charge in [-0.1, -0.05) is 11.6 Å². The van der Waals surface area contributed by atoms with Crippen LogP contribution in [0.2, 0.25) is 5.02 Å². The molecular formula is C33H32ClN9O2. The zero-order valence-electron chi connectivity index (χ0n) is 25.0. The van der Waals surface area contributed by atoms with Crippen LogP contribution in [0.1, 0.15) is 28.9 Å². The van der Waals surface area contributed by atoms with Crippen LogP contribution in [0.4, 0.5) is 5.82 Å². The number of hydrogen-bond donors (Lipinski definition) is 1. The average Bonchev–Trinajstić information content (AvgIpc) is 3.77. The summed E-state index contributed by atoms with van der Waals surface area (Å²) in [6, 6.07) is 13.9. The van der Waals surface area contributed by atoms with Crippen molar-refractivity contribution in [1.29, 1.82) is 5.26 Å².